The van der Waals surface area contributed by atoms with Gasteiger partial charge >= 0.3 is 0 Å². The molecule has 2 amide bonds. The number of aromatic amines is 1. The van der Waals surface area contributed by atoms with Gasteiger partial charge in [-0.05, 0) is 29.8 Å². The number of amides is 2. The second-order valence-corrected chi connectivity index (χ2v) is 3.90. The Bertz CT molecular complexity index is 608. The highest BCUT2D eigenvalue weighted by Gasteiger charge is 2.11. The third-order valence-corrected chi connectivity index (χ3v) is 2.35. The summed E-state index contributed by atoms with van der Waals surface area (Å²) < 4.78 is 0. The molecule has 0 radical (unpaired) electrons. The Labute approximate surface area is 108 Å². The molecule has 98 valence electrons. The molecule has 0 atom stereocenters. The lowest BCUT2D eigenvalue weighted by Crippen LogP contribution is -2.14. The minimum absolute atomic E-state index is 0.0540. The molecule has 0 saturated carbocycles. The van der Waals surface area contributed by atoms with Gasteiger partial charge in [0.15, 0.2) is 0 Å². The number of nitrogens with zero attached hydrogens (tertiary/aromatic N) is 3. The maximum Gasteiger partial charge on any atom is 0.297 e. The zero-order chi connectivity index (χ0) is 13.8. The number of benzene rings is 1. The number of tetrazole rings is 1. The first-order chi connectivity index (χ1) is 9.06. The van der Waals surface area contributed by atoms with E-state index in [9.17, 15) is 9.59 Å². The van der Waals surface area contributed by atoms with E-state index in [1.807, 2.05) is 6.92 Å². The Hall–Kier alpha value is -2.77. The van der Waals surface area contributed by atoms with E-state index in [0.717, 1.165) is 5.56 Å². The molecule has 19 heavy (non-hydrogen) atoms. The highest BCUT2D eigenvalue weighted by Crippen LogP contribution is 2.20. The number of aromatic nitrogens is 4. The molecule has 8 nitrogen and oxygen atoms in total. The number of hydrogen-bond donors (Lipinski definition) is 3. The predicted octanol–water partition coefficient (Wildman–Crippen LogP) is 0.719. The molecule has 1 heterocycles. The van der Waals surface area contributed by atoms with Crippen molar-refractivity contribution in [1.29, 1.82) is 0 Å². The number of carbonyl (C=O) groups is 2. The van der Waals surface area contributed by atoms with Crippen LogP contribution in [0.2, 0.25) is 0 Å². The summed E-state index contributed by atoms with van der Waals surface area (Å²) in [6.07, 6.45) is 0. The van der Waals surface area contributed by atoms with Gasteiger partial charge in [0.05, 0.1) is 0 Å². The van der Waals surface area contributed by atoms with E-state index in [4.69, 9.17) is 0 Å². The van der Waals surface area contributed by atoms with Gasteiger partial charge in [0.1, 0.15) is 0 Å². The summed E-state index contributed by atoms with van der Waals surface area (Å²) in [6, 6.07) is 5.17. The maximum atomic E-state index is 11.7. The normalized spacial score (nSPS) is 10.0. The van der Waals surface area contributed by atoms with Crippen LogP contribution >= 0.6 is 0 Å². The highest BCUT2D eigenvalue weighted by atomic mass is 16.2. The lowest BCUT2D eigenvalue weighted by molar-refractivity contribution is -0.114. The Morgan fingerprint density at radius 3 is 2.68 bits per heavy atom. The van der Waals surface area contributed by atoms with Crippen LogP contribution in [0.15, 0.2) is 18.2 Å². The Morgan fingerprint density at radius 1 is 1.26 bits per heavy atom. The Balaban J connectivity index is 2.17. The van der Waals surface area contributed by atoms with Gasteiger partial charge in [0.2, 0.25) is 5.91 Å². The highest BCUT2D eigenvalue weighted by molar-refractivity contribution is 6.02. The molecular weight excluding hydrogens is 248 g/mol. The minimum atomic E-state index is -0.480. The molecule has 0 fully saturated rings. The molecule has 8 heteroatoms. The second kappa shape index (κ2) is 5.25. The summed E-state index contributed by atoms with van der Waals surface area (Å²) in [5, 5.41) is 17.9. The van der Waals surface area contributed by atoms with Crippen molar-refractivity contribution in [2.24, 2.45) is 0 Å². The van der Waals surface area contributed by atoms with E-state index in [1.165, 1.54) is 6.92 Å². The van der Waals surface area contributed by atoms with E-state index in [-0.39, 0.29) is 11.7 Å². The van der Waals surface area contributed by atoms with Crippen LogP contribution < -0.4 is 10.6 Å². The standard InChI is InChI=1S/C11H12N6O2/c1-6-3-4-8(5-9(6)12-7(2)18)13-11(19)10-14-16-17-15-10/h3-5H,1-2H3,(H,12,18)(H,13,19)(H,14,15,16,17). The van der Waals surface area contributed by atoms with E-state index in [0.29, 0.717) is 11.4 Å². The first-order valence-electron chi connectivity index (χ1n) is 5.49. The molecule has 0 bridgehead atoms. The molecule has 0 aliphatic rings. The number of rotatable bonds is 3. The molecule has 0 aliphatic carbocycles. The average Bonchev–Trinajstić information content (AvgIpc) is 2.86. The smallest absolute Gasteiger partial charge is 0.297 e. The maximum absolute atomic E-state index is 11.7. The van der Waals surface area contributed by atoms with E-state index >= 15 is 0 Å². The molecule has 2 aromatic rings. The van der Waals surface area contributed by atoms with Crippen molar-refractivity contribution in [2.45, 2.75) is 13.8 Å². The Morgan fingerprint density at radius 2 is 2.05 bits per heavy atom. The van der Waals surface area contributed by atoms with Gasteiger partial charge in [-0.25, -0.2) is 0 Å². The fraction of sp³-hybridized carbons (Fsp3) is 0.182. The summed E-state index contributed by atoms with van der Waals surface area (Å²) in [5.74, 6) is -0.710. The van der Waals surface area contributed by atoms with Gasteiger partial charge < -0.3 is 10.6 Å². The molecule has 2 rings (SSSR count). The van der Waals surface area contributed by atoms with Crippen LogP contribution in [0.3, 0.4) is 0 Å². The fourth-order valence-corrected chi connectivity index (χ4v) is 1.47. The van der Waals surface area contributed by atoms with E-state index in [2.05, 4.69) is 31.3 Å². The fourth-order valence-electron chi connectivity index (χ4n) is 1.47. The van der Waals surface area contributed by atoms with E-state index < -0.39 is 5.91 Å². The van der Waals surface area contributed by atoms with Gasteiger partial charge in [-0.15, -0.1) is 10.2 Å². The van der Waals surface area contributed by atoms with Crippen molar-refractivity contribution < 1.29 is 9.59 Å². The van der Waals surface area contributed by atoms with Crippen LogP contribution in [0.4, 0.5) is 11.4 Å². The molecule has 1 aromatic heterocycles. The second-order valence-electron chi connectivity index (χ2n) is 3.90. The lowest BCUT2D eigenvalue weighted by Gasteiger charge is -2.09. The van der Waals surface area contributed by atoms with Gasteiger partial charge in [0, 0.05) is 18.3 Å². The van der Waals surface area contributed by atoms with Crippen molar-refractivity contribution in [3.8, 4) is 0 Å². The van der Waals surface area contributed by atoms with Crippen molar-refractivity contribution in [1.82, 2.24) is 20.6 Å². The minimum Gasteiger partial charge on any atom is -0.326 e. The van der Waals surface area contributed by atoms with Crippen molar-refractivity contribution in [3.63, 3.8) is 0 Å². The quantitative estimate of drug-likeness (QED) is 0.752. The lowest BCUT2D eigenvalue weighted by atomic mass is 10.1. The van der Waals surface area contributed by atoms with Crippen LogP contribution in [0.5, 0.6) is 0 Å². The Kier molecular flexibility index (Phi) is 3.51. The van der Waals surface area contributed by atoms with Gasteiger partial charge in [-0.1, -0.05) is 6.07 Å². The molecule has 3 N–H and O–H groups in total. The number of H-pyrrole nitrogens is 1. The number of nitrogens with one attached hydrogen (secondary N) is 3. The van der Waals surface area contributed by atoms with Crippen LogP contribution in [0.25, 0.3) is 0 Å². The van der Waals surface area contributed by atoms with Crippen molar-refractivity contribution in [2.75, 3.05) is 10.6 Å². The first kappa shape index (κ1) is 12.7. The summed E-state index contributed by atoms with van der Waals surface area (Å²) in [4.78, 5) is 22.8. The number of anilines is 2. The van der Waals surface area contributed by atoms with Crippen LogP contribution in [0, 0.1) is 6.92 Å². The van der Waals surface area contributed by atoms with Crippen molar-refractivity contribution >= 4 is 23.2 Å². The molecule has 0 saturated heterocycles. The van der Waals surface area contributed by atoms with Crippen molar-refractivity contribution in [3.05, 3.63) is 29.6 Å². The molecule has 0 spiro atoms. The predicted molar refractivity (Wildman–Crippen MR) is 67.6 cm³/mol. The van der Waals surface area contributed by atoms with Crippen LogP contribution in [-0.4, -0.2) is 32.4 Å². The monoisotopic (exact) mass is 260 g/mol. The SMILES string of the molecule is CC(=O)Nc1cc(NC(=O)c2nn[nH]n2)ccc1C. The molecule has 1 aromatic carbocycles. The molecular formula is C11H12N6O2. The van der Waals surface area contributed by atoms with Gasteiger partial charge in [-0.3, -0.25) is 9.59 Å². The van der Waals surface area contributed by atoms with E-state index in [1.54, 1.807) is 18.2 Å². The summed E-state index contributed by atoms with van der Waals surface area (Å²) in [5.41, 5.74) is 2.07. The molecule has 0 unspecified atom stereocenters. The number of aryl methyl sites for hydroxylation is 1. The zero-order valence-electron chi connectivity index (χ0n) is 10.4. The number of carbonyl (C=O) groups excluding carboxylic acids is 2. The largest absolute Gasteiger partial charge is 0.326 e. The topological polar surface area (TPSA) is 113 Å². The third kappa shape index (κ3) is 3.12. The molecule has 0 aliphatic heterocycles. The first-order valence-corrected chi connectivity index (χ1v) is 5.49. The van der Waals surface area contributed by atoms with Gasteiger partial charge in [-0.2, -0.15) is 5.21 Å². The summed E-state index contributed by atoms with van der Waals surface area (Å²) >= 11 is 0. The third-order valence-electron chi connectivity index (χ3n) is 2.35. The average molecular weight is 260 g/mol. The zero-order valence-corrected chi connectivity index (χ0v) is 10.4. The van der Waals surface area contributed by atoms with Gasteiger partial charge in [0.25, 0.3) is 11.7 Å². The summed E-state index contributed by atoms with van der Waals surface area (Å²) in [7, 11) is 0. The summed E-state index contributed by atoms with van der Waals surface area (Å²) in [6.45, 7) is 3.28. The van der Waals surface area contributed by atoms with Crippen LogP contribution in [0.1, 0.15) is 23.1 Å². The number of hydrogen-bond acceptors (Lipinski definition) is 5. The van der Waals surface area contributed by atoms with Crippen LogP contribution in [-0.2, 0) is 4.79 Å².